The molecule has 0 radical (unpaired) electrons. The van der Waals surface area contributed by atoms with Gasteiger partial charge < -0.3 is 4.74 Å². The van der Waals surface area contributed by atoms with Gasteiger partial charge in [0.1, 0.15) is 5.75 Å². The lowest BCUT2D eigenvalue weighted by atomic mass is 9.98. The normalized spacial score (nSPS) is 19.0. The zero-order valence-electron chi connectivity index (χ0n) is 13.1. The van der Waals surface area contributed by atoms with E-state index in [9.17, 15) is 0 Å². The van der Waals surface area contributed by atoms with Gasteiger partial charge in [0.2, 0.25) is 0 Å². The fraction of sp³-hybridized carbons (Fsp3) is 0.444. The quantitative estimate of drug-likeness (QED) is 0.850. The Morgan fingerprint density at radius 1 is 1.23 bits per heavy atom. The Hall–Kier alpha value is -1.94. The van der Waals surface area contributed by atoms with Gasteiger partial charge in [0.25, 0.3) is 0 Å². The zero-order chi connectivity index (χ0) is 15.2. The van der Waals surface area contributed by atoms with Gasteiger partial charge in [-0.2, -0.15) is 0 Å². The van der Waals surface area contributed by atoms with Gasteiger partial charge in [0, 0.05) is 49.4 Å². The minimum Gasteiger partial charge on any atom is -0.493 e. The second kappa shape index (κ2) is 7.36. The summed E-state index contributed by atoms with van der Waals surface area (Å²) in [4.78, 5) is 10.8. The van der Waals surface area contributed by atoms with E-state index in [1.165, 1.54) is 24.9 Å². The van der Waals surface area contributed by atoms with Crippen LogP contribution in [-0.4, -0.2) is 34.6 Å². The third-order valence-corrected chi connectivity index (χ3v) is 4.11. The highest BCUT2D eigenvalue weighted by atomic mass is 16.5. The van der Waals surface area contributed by atoms with Gasteiger partial charge in [-0.1, -0.05) is 0 Å². The summed E-state index contributed by atoms with van der Waals surface area (Å²) in [6.45, 7) is 6.06. The van der Waals surface area contributed by atoms with Crippen molar-refractivity contribution in [3.05, 3.63) is 54.1 Å². The first-order valence-electron chi connectivity index (χ1n) is 7.96. The Balaban J connectivity index is 1.50. The largest absolute Gasteiger partial charge is 0.493 e. The number of rotatable bonds is 5. The average Bonchev–Trinajstić information content (AvgIpc) is 2.54. The van der Waals surface area contributed by atoms with Gasteiger partial charge >= 0.3 is 0 Å². The monoisotopic (exact) mass is 297 g/mol. The van der Waals surface area contributed by atoms with Crippen LogP contribution in [0.5, 0.6) is 5.75 Å². The van der Waals surface area contributed by atoms with E-state index in [0.29, 0.717) is 5.92 Å². The third kappa shape index (κ3) is 4.28. The summed E-state index contributed by atoms with van der Waals surface area (Å²) in [7, 11) is 0. The second-order valence-electron chi connectivity index (χ2n) is 6.04. The lowest BCUT2D eigenvalue weighted by molar-refractivity contribution is 0.125. The molecule has 0 aliphatic carbocycles. The van der Waals surface area contributed by atoms with Crippen LogP contribution < -0.4 is 4.74 Å². The van der Waals surface area contributed by atoms with Crippen molar-refractivity contribution in [2.45, 2.75) is 26.3 Å². The molecule has 0 N–H and O–H groups in total. The minimum absolute atomic E-state index is 0.601. The average molecular weight is 297 g/mol. The molecule has 1 saturated heterocycles. The molecule has 22 heavy (non-hydrogen) atoms. The summed E-state index contributed by atoms with van der Waals surface area (Å²) < 4.78 is 5.95. The lowest BCUT2D eigenvalue weighted by Crippen LogP contribution is -2.37. The maximum absolute atomic E-state index is 5.95. The third-order valence-electron chi connectivity index (χ3n) is 4.11. The van der Waals surface area contributed by atoms with Crippen LogP contribution in [0.1, 0.15) is 24.1 Å². The van der Waals surface area contributed by atoms with Crippen molar-refractivity contribution in [2.75, 3.05) is 19.7 Å². The first-order chi connectivity index (χ1) is 10.8. The number of hydrogen-bond donors (Lipinski definition) is 0. The van der Waals surface area contributed by atoms with E-state index in [0.717, 1.165) is 31.1 Å². The topological polar surface area (TPSA) is 38.2 Å². The maximum atomic E-state index is 5.95. The Bertz CT molecular complexity index is 588. The molecule has 2 aromatic heterocycles. The van der Waals surface area contributed by atoms with E-state index in [-0.39, 0.29) is 0 Å². The zero-order valence-corrected chi connectivity index (χ0v) is 13.1. The first kappa shape index (κ1) is 15.0. The molecule has 1 aliphatic heterocycles. The molecule has 0 amide bonds. The number of ether oxygens (including phenoxy) is 1. The van der Waals surface area contributed by atoms with Crippen LogP contribution in [0, 0.1) is 12.8 Å². The molecule has 1 unspecified atom stereocenters. The molecule has 3 rings (SSSR count). The molecule has 0 saturated carbocycles. The predicted octanol–water partition coefficient (Wildman–Crippen LogP) is 3.08. The lowest BCUT2D eigenvalue weighted by Gasteiger charge is -2.32. The van der Waals surface area contributed by atoms with Crippen molar-refractivity contribution in [3.63, 3.8) is 0 Å². The van der Waals surface area contributed by atoms with Gasteiger partial charge in [0.15, 0.2) is 0 Å². The number of hydrogen-bond acceptors (Lipinski definition) is 4. The van der Waals surface area contributed by atoms with E-state index in [1.54, 1.807) is 6.20 Å². The van der Waals surface area contributed by atoms with Crippen LogP contribution in [-0.2, 0) is 6.54 Å². The van der Waals surface area contributed by atoms with Gasteiger partial charge in [0.05, 0.1) is 6.61 Å². The van der Waals surface area contributed by atoms with E-state index in [1.807, 2.05) is 31.5 Å². The Morgan fingerprint density at radius 3 is 2.91 bits per heavy atom. The molecule has 2 aromatic rings. The highest BCUT2D eigenvalue weighted by Crippen LogP contribution is 2.20. The SMILES string of the molecule is Cc1cc(OCC2CCCN(Cc3ccncc3)C2)ccn1. The molecular formula is C18H23N3O. The molecule has 1 aliphatic rings. The summed E-state index contributed by atoms with van der Waals surface area (Å²) in [6, 6.07) is 8.13. The van der Waals surface area contributed by atoms with Crippen LogP contribution in [0.3, 0.4) is 0 Å². The first-order valence-corrected chi connectivity index (χ1v) is 7.96. The van der Waals surface area contributed by atoms with Gasteiger partial charge in [-0.15, -0.1) is 0 Å². The van der Waals surface area contributed by atoms with Crippen LogP contribution in [0.2, 0.25) is 0 Å². The minimum atomic E-state index is 0.601. The summed E-state index contributed by atoms with van der Waals surface area (Å²) in [5.74, 6) is 1.53. The number of aromatic nitrogens is 2. The van der Waals surface area contributed by atoms with Crippen LogP contribution >= 0.6 is 0 Å². The smallest absolute Gasteiger partial charge is 0.122 e. The second-order valence-corrected chi connectivity index (χ2v) is 6.04. The fourth-order valence-corrected chi connectivity index (χ4v) is 3.00. The van der Waals surface area contributed by atoms with Gasteiger partial charge in [-0.25, -0.2) is 0 Å². The highest BCUT2D eigenvalue weighted by molar-refractivity contribution is 5.21. The summed E-state index contributed by atoms with van der Waals surface area (Å²) in [5, 5.41) is 0. The molecular weight excluding hydrogens is 274 g/mol. The molecule has 1 atom stereocenters. The maximum Gasteiger partial charge on any atom is 0.122 e. The highest BCUT2D eigenvalue weighted by Gasteiger charge is 2.20. The van der Waals surface area contributed by atoms with E-state index < -0.39 is 0 Å². The molecule has 3 heterocycles. The van der Waals surface area contributed by atoms with Crippen molar-refractivity contribution in [1.82, 2.24) is 14.9 Å². The van der Waals surface area contributed by atoms with Crippen LogP contribution in [0.4, 0.5) is 0 Å². The van der Waals surface area contributed by atoms with Gasteiger partial charge in [-0.3, -0.25) is 14.9 Å². The van der Waals surface area contributed by atoms with Crippen molar-refractivity contribution in [3.8, 4) is 5.75 Å². The van der Waals surface area contributed by atoms with E-state index in [4.69, 9.17) is 4.74 Å². The number of pyridine rings is 2. The number of nitrogens with zero attached hydrogens (tertiary/aromatic N) is 3. The van der Waals surface area contributed by atoms with Crippen LogP contribution in [0.25, 0.3) is 0 Å². The van der Waals surface area contributed by atoms with Crippen molar-refractivity contribution in [2.24, 2.45) is 5.92 Å². The standard InChI is InChI=1S/C18H23N3O/c1-15-11-18(6-9-20-15)22-14-17-3-2-10-21(13-17)12-16-4-7-19-8-5-16/h4-9,11,17H,2-3,10,12-14H2,1H3. The summed E-state index contributed by atoms with van der Waals surface area (Å²) in [6.07, 6.45) is 8.03. The Labute approximate surface area is 132 Å². The van der Waals surface area contributed by atoms with Crippen molar-refractivity contribution >= 4 is 0 Å². The van der Waals surface area contributed by atoms with Crippen molar-refractivity contribution in [1.29, 1.82) is 0 Å². The molecule has 0 aromatic carbocycles. The number of aryl methyl sites for hydroxylation is 1. The Kier molecular flexibility index (Phi) is 5.01. The summed E-state index contributed by atoms with van der Waals surface area (Å²) in [5.41, 5.74) is 2.33. The number of likely N-dealkylation sites (tertiary alicyclic amines) is 1. The molecule has 116 valence electrons. The Morgan fingerprint density at radius 2 is 2.09 bits per heavy atom. The molecule has 4 nitrogen and oxygen atoms in total. The van der Waals surface area contributed by atoms with E-state index in [2.05, 4.69) is 27.0 Å². The summed E-state index contributed by atoms with van der Waals surface area (Å²) >= 11 is 0. The van der Waals surface area contributed by atoms with E-state index >= 15 is 0 Å². The molecule has 0 spiro atoms. The number of piperidine rings is 1. The van der Waals surface area contributed by atoms with Crippen LogP contribution in [0.15, 0.2) is 42.9 Å². The molecule has 0 bridgehead atoms. The van der Waals surface area contributed by atoms with Gasteiger partial charge in [-0.05, 0) is 50.1 Å². The fourth-order valence-electron chi connectivity index (χ4n) is 3.00. The molecule has 1 fully saturated rings. The predicted molar refractivity (Wildman–Crippen MR) is 86.7 cm³/mol. The van der Waals surface area contributed by atoms with Crippen molar-refractivity contribution < 1.29 is 4.74 Å². The molecule has 4 heteroatoms.